The lowest BCUT2D eigenvalue weighted by molar-refractivity contribution is 0.116. The highest BCUT2D eigenvalue weighted by molar-refractivity contribution is 6.42. The predicted molar refractivity (Wildman–Crippen MR) is 90.4 cm³/mol. The van der Waals surface area contributed by atoms with Crippen molar-refractivity contribution < 1.29 is 0 Å². The maximum atomic E-state index is 6.09. The van der Waals surface area contributed by atoms with E-state index in [1.807, 2.05) is 12.1 Å². The van der Waals surface area contributed by atoms with Crippen molar-refractivity contribution in [3.05, 3.63) is 33.8 Å². The zero-order chi connectivity index (χ0) is 14.7. The van der Waals surface area contributed by atoms with Gasteiger partial charge in [0, 0.05) is 19.1 Å². The average molecular weight is 327 g/mol. The molecule has 0 spiro atoms. The van der Waals surface area contributed by atoms with Crippen molar-refractivity contribution in [3.8, 4) is 0 Å². The molecule has 0 aromatic heterocycles. The summed E-state index contributed by atoms with van der Waals surface area (Å²) < 4.78 is 0. The summed E-state index contributed by atoms with van der Waals surface area (Å²) >= 11 is 12.1. The van der Waals surface area contributed by atoms with Crippen LogP contribution in [-0.4, -0.2) is 48.6 Å². The van der Waals surface area contributed by atoms with Gasteiger partial charge in [0.2, 0.25) is 0 Å². The maximum Gasteiger partial charge on any atom is 0.0595 e. The van der Waals surface area contributed by atoms with Crippen molar-refractivity contribution in [1.29, 1.82) is 0 Å². The summed E-state index contributed by atoms with van der Waals surface area (Å²) in [6.07, 6.45) is 6.55. The van der Waals surface area contributed by atoms with E-state index in [2.05, 4.69) is 15.9 Å². The van der Waals surface area contributed by atoms with E-state index in [1.165, 1.54) is 57.4 Å². The highest BCUT2D eigenvalue weighted by Crippen LogP contribution is 2.24. The summed E-state index contributed by atoms with van der Waals surface area (Å²) in [5, 5.41) is 1.32. The minimum Gasteiger partial charge on any atom is -0.301 e. The first-order valence-electron chi connectivity index (χ1n) is 8.13. The van der Waals surface area contributed by atoms with Gasteiger partial charge in [0.1, 0.15) is 0 Å². The number of benzene rings is 1. The van der Waals surface area contributed by atoms with Crippen molar-refractivity contribution in [2.75, 3.05) is 32.7 Å². The summed E-state index contributed by atoms with van der Waals surface area (Å²) in [5.74, 6) is 0. The first-order valence-corrected chi connectivity index (χ1v) is 8.88. The van der Waals surface area contributed by atoms with E-state index in [-0.39, 0.29) is 0 Å². The predicted octanol–water partition coefficient (Wildman–Crippen LogP) is 4.10. The number of nitrogens with zero attached hydrogens (tertiary/aromatic N) is 2. The second-order valence-electron chi connectivity index (χ2n) is 6.34. The number of halogens is 2. The topological polar surface area (TPSA) is 6.48 Å². The number of hydrogen-bond donors (Lipinski definition) is 0. The van der Waals surface area contributed by atoms with Crippen LogP contribution in [0.2, 0.25) is 10.0 Å². The molecule has 4 heteroatoms. The molecule has 0 saturated carbocycles. The van der Waals surface area contributed by atoms with Gasteiger partial charge in [0.25, 0.3) is 0 Å². The van der Waals surface area contributed by atoms with Crippen molar-refractivity contribution in [2.45, 2.75) is 38.1 Å². The largest absolute Gasteiger partial charge is 0.301 e. The van der Waals surface area contributed by atoms with E-state index in [1.54, 1.807) is 0 Å². The molecule has 116 valence electrons. The van der Waals surface area contributed by atoms with Crippen LogP contribution in [0, 0.1) is 0 Å². The van der Waals surface area contributed by atoms with Crippen LogP contribution in [0.15, 0.2) is 18.2 Å². The fourth-order valence-corrected chi connectivity index (χ4v) is 3.94. The van der Waals surface area contributed by atoms with Crippen molar-refractivity contribution >= 4 is 23.2 Å². The van der Waals surface area contributed by atoms with Gasteiger partial charge in [-0.15, -0.1) is 0 Å². The normalized spacial score (nSPS) is 24.6. The number of piperidine rings is 1. The first kappa shape index (κ1) is 15.6. The first-order chi connectivity index (χ1) is 10.2. The summed E-state index contributed by atoms with van der Waals surface area (Å²) in [5.41, 5.74) is 1.28. The Morgan fingerprint density at radius 2 is 1.81 bits per heavy atom. The summed E-state index contributed by atoms with van der Waals surface area (Å²) in [6.45, 7) is 6.23. The standard InChI is InChI=1S/C17H24Cl2N2/c18-16-6-5-14(12-17(16)19)7-11-20-8-3-4-15(13-20)21-9-1-2-10-21/h5-6,12,15H,1-4,7-11,13H2. The maximum absolute atomic E-state index is 6.09. The molecular weight excluding hydrogens is 303 g/mol. The van der Waals surface area contributed by atoms with Crippen LogP contribution in [0.4, 0.5) is 0 Å². The molecular formula is C17H24Cl2N2. The van der Waals surface area contributed by atoms with E-state index in [0.29, 0.717) is 10.0 Å². The van der Waals surface area contributed by atoms with Crippen LogP contribution >= 0.6 is 23.2 Å². The Morgan fingerprint density at radius 1 is 1.00 bits per heavy atom. The SMILES string of the molecule is Clc1ccc(CCN2CCCC(N3CCCC3)C2)cc1Cl. The van der Waals surface area contributed by atoms with Gasteiger partial charge >= 0.3 is 0 Å². The molecule has 1 aromatic rings. The molecule has 1 aromatic carbocycles. The minimum absolute atomic E-state index is 0.646. The fraction of sp³-hybridized carbons (Fsp3) is 0.647. The molecule has 2 nitrogen and oxygen atoms in total. The summed E-state index contributed by atoms with van der Waals surface area (Å²) in [4.78, 5) is 5.32. The lowest BCUT2D eigenvalue weighted by atomic mass is 10.0. The Labute approximate surface area is 138 Å². The lowest BCUT2D eigenvalue weighted by Crippen LogP contribution is -2.47. The fourth-order valence-electron chi connectivity index (χ4n) is 3.62. The van der Waals surface area contributed by atoms with Gasteiger partial charge in [-0.25, -0.2) is 0 Å². The van der Waals surface area contributed by atoms with Crippen LogP contribution < -0.4 is 0 Å². The minimum atomic E-state index is 0.646. The van der Waals surface area contributed by atoms with Crippen LogP contribution in [0.3, 0.4) is 0 Å². The number of hydrogen-bond acceptors (Lipinski definition) is 2. The second kappa shape index (κ2) is 7.32. The van der Waals surface area contributed by atoms with Gasteiger partial charge in [-0.05, 0) is 69.4 Å². The zero-order valence-corrected chi connectivity index (χ0v) is 14.0. The van der Waals surface area contributed by atoms with Gasteiger partial charge < -0.3 is 4.90 Å². The van der Waals surface area contributed by atoms with Gasteiger partial charge in [-0.3, -0.25) is 4.90 Å². The number of rotatable bonds is 4. The van der Waals surface area contributed by atoms with Crippen LogP contribution in [0.25, 0.3) is 0 Å². The Kier molecular flexibility index (Phi) is 5.44. The van der Waals surface area contributed by atoms with Crippen molar-refractivity contribution in [3.63, 3.8) is 0 Å². The van der Waals surface area contributed by atoms with E-state index >= 15 is 0 Å². The molecule has 2 heterocycles. The lowest BCUT2D eigenvalue weighted by Gasteiger charge is -2.37. The molecule has 0 amide bonds. The van der Waals surface area contributed by atoms with Gasteiger partial charge in [-0.2, -0.15) is 0 Å². The highest BCUT2D eigenvalue weighted by Gasteiger charge is 2.26. The molecule has 21 heavy (non-hydrogen) atoms. The van der Waals surface area contributed by atoms with E-state index in [9.17, 15) is 0 Å². The Hall–Kier alpha value is -0.280. The van der Waals surface area contributed by atoms with Gasteiger partial charge in [0.05, 0.1) is 10.0 Å². The Balaban J connectivity index is 1.51. The monoisotopic (exact) mass is 326 g/mol. The van der Waals surface area contributed by atoms with E-state index in [4.69, 9.17) is 23.2 Å². The molecule has 0 bridgehead atoms. The molecule has 0 radical (unpaired) electrons. The highest BCUT2D eigenvalue weighted by atomic mass is 35.5. The molecule has 0 N–H and O–H groups in total. The second-order valence-corrected chi connectivity index (χ2v) is 7.15. The number of likely N-dealkylation sites (tertiary alicyclic amines) is 2. The molecule has 3 rings (SSSR count). The van der Waals surface area contributed by atoms with Crippen LogP contribution in [-0.2, 0) is 6.42 Å². The average Bonchev–Trinajstić information content (AvgIpc) is 3.03. The molecule has 2 saturated heterocycles. The van der Waals surface area contributed by atoms with Gasteiger partial charge in [0.15, 0.2) is 0 Å². The third kappa shape index (κ3) is 4.13. The molecule has 1 unspecified atom stereocenters. The van der Waals surface area contributed by atoms with E-state index < -0.39 is 0 Å². The molecule has 1 atom stereocenters. The zero-order valence-electron chi connectivity index (χ0n) is 12.5. The molecule has 2 aliphatic heterocycles. The van der Waals surface area contributed by atoms with E-state index in [0.717, 1.165) is 19.0 Å². The molecule has 2 fully saturated rings. The molecule has 0 aliphatic carbocycles. The van der Waals surface area contributed by atoms with Crippen molar-refractivity contribution in [1.82, 2.24) is 9.80 Å². The summed E-state index contributed by atoms with van der Waals surface area (Å²) in [7, 11) is 0. The quantitative estimate of drug-likeness (QED) is 0.822. The van der Waals surface area contributed by atoms with Crippen LogP contribution in [0.1, 0.15) is 31.2 Å². The smallest absolute Gasteiger partial charge is 0.0595 e. The van der Waals surface area contributed by atoms with Gasteiger partial charge in [-0.1, -0.05) is 29.3 Å². The Morgan fingerprint density at radius 3 is 2.57 bits per heavy atom. The van der Waals surface area contributed by atoms with Crippen LogP contribution in [0.5, 0.6) is 0 Å². The molecule has 2 aliphatic rings. The van der Waals surface area contributed by atoms with Crippen molar-refractivity contribution in [2.24, 2.45) is 0 Å². The third-order valence-corrected chi connectivity index (χ3v) is 5.58. The third-order valence-electron chi connectivity index (χ3n) is 4.84. The summed E-state index contributed by atoms with van der Waals surface area (Å²) in [6, 6.07) is 6.79. The Bertz CT molecular complexity index is 472.